The number of hydrogen-bond donors (Lipinski definition) is 1. The van der Waals surface area contributed by atoms with Gasteiger partial charge in [0.15, 0.2) is 0 Å². The smallest absolute Gasteiger partial charge is 0.410 e. The van der Waals surface area contributed by atoms with E-state index in [4.69, 9.17) is 16.3 Å². The molecule has 0 radical (unpaired) electrons. The molecule has 1 aliphatic rings. The first-order valence-electron chi connectivity index (χ1n) is 10.0. The second-order valence-corrected chi connectivity index (χ2v) is 8.84. The van der Waals surface area contributed by atoms with Gasteiger partial charge in [0.1, 0.15) is 17.1 Å². The highest BCUT2D eigenvalue weighted by atomic mass is 35.5. The highest BCUT2D eigenvalue weighted by molar-refractivity contribution is 6.30. The van der Waals surface area contributed by atoms with E-state index in [0.29, 0.717) is 18.8 Å². The number of benzene rings is 1. The van der Waals surface area contributed by atoms with Gasteiger partial charge in [-0.15, -0.1) is 0 Å². The molecule has 0 bridgehead atoms. The van der Waals surface area contributed by atoms with Crippen LogP contribution in [0, 0.1) is 5.82 Å². The Morgan fingerprint density at radius 1 is 1.23 bits per heavy atom. The molecule has 0 saturated carbocycles. The fourth-order valence-corrected chi connectivity index (χ4v) is 3.68. The highest BCUT2D eigenvalue weighted by Crippen LogP contribution is 2.26. The molecule has 0 aliphatic carbocycles. The number of halogens is 2. The summed E-state index contributed by atoms with van der Waals surface area (Å²) in [6.45, 7) is 6.95. The lowest BCUT2D eigenvalue weighted by Gasteiger charge is -2.34. The van der Waals surface area contributed by atoms with Crippen LogP contribution in [0.2, 0.25) is 5.02 Å². The first-order chi connectivity index (χ1) is 14.1. The Morgan fingerprint density at radius 3 is 2.57 bits per heavy atom. The normalized spacial score (nSPS) is 15.2. The molecule has 1 aromatic carbocycles. The molecule has 1 saturated heterocycles. The van der Waals surface area contributed by atoms with Gasteiger partial charge in [-0.2, -0.15) is 0 Å². The number of piperidine rings is 1. The van der Waals surface area contributed by atoms with Crippen molar-refractivity contribution in [1.82, 2.24) is 14.8 Å². The number of amides is 2. The number of ether oxygens (including phenoxy) is 1. The molecule has 0 atom stereocenters. The van der Waals surface area contributed by atoms with Crippen molar-refractivity contribution < 1.29 is 18.7 Å². The number of carbonyl (C=O) groups is 2. The number of rotatable bonds is 4. The second-order valence-electron chi connectivity index (χ2n) is 8.43. The summed E-state index contributed by atoms with van der Waals surface area (Å²) >= 11 is 5.80. The van der Waals surface area contributed by atoms with Crippen LogP contribution in [0.25, 0.3) is 0 Å². The molecule has 30 heavy (non-hydrogen) atoms. The summed E-state index contributed by atoms with van der Waals surface area (Å²) in [6, 6.07) is 8.11. The van der Waals surface area contributed by atoms with E-state index in [9.17, 15) is 14.0 Å². The topological polar surface area (TPSA) is 63.6 Å². The van der Waals surface area contributed by atoms with Gasteiger partial charge in [-0.3, -0.25) is 4.79 Å². The first-order valence-corrected chi connectivity index (χ1v) is 10.4. The van der Waals surface area contributed by atoms with Gasteiger partial charge in [0.25, 0.3) is 5.91 Å². The van der Waals surface area contributed by atoms with Gasteiger partial charge < -0.3 is 19.5 Å². The summed E-state index contributed by atoms with van der Waals surface area (Å²) in [4.78, 5) is 26.7. The van der Waals surface area contributed by atoms with Crippen molar-refractivity contribution in [3.8, 4) is 0 Å². The van der Waals surface area contributed by atoms with Gasteiger partial charge in [-0.05, 0) is 63.4 Å². The Kier molecular flexibility index (Phi) is 6.71. The fourth-order valence-electron chi connectivity index (χ4n) is 3.48. The molecule has 162 valence electrons. The van der Waals surface area contributed by atoms with Crippen molar-refractivity contribution in [2.45, 2.75) is 51.8 Å². The Balaban J connectivity index is 1.58. The molecule has 2 aromatic rings. The van der Waals surface area contributed by atoms with E-state index < -0.39 is 11.4 Å². The lowest BCUT2D eigenvalue weighted by Crippen LogP contribution is -2.42. The summed E-state index contributed by atoms with van der Waals surface area (Å²) in [5.74, 6) is -0.701. The van der Waals surface area contributed by atoms with Gasteiger partial charge in [-0.25, -0.2) is 9.18 Å². The van der Waals surface area contributed by atoms with Crippen molar-refractivity contribution in [2.24, 2.45) is 0 Å². The molecule has 3 rings (SSSR count). The minimum Gasteiger partial charge on any atom is -0.444 e. The third-order valence-electron chi connectivity index (χ3n) is 4.96. The third-order valence-corrected chi connectivity index (χ3v) is 5.25. The average Bonchev–Trinajstić information content (AvgIpc) is 3.17. The van der Waals surface area contributed by atoms with Crippen LogP contribution < -0.4 is 5.32 Å². The zero-order valence-corrected chi connectivity index (χ0v) is 18.2. The summed E-state index contributed by atoms with van der Waals surface area (Å²) < 4.78 is 20.7. The van der Waals surface area contributed by atoms with Crippen molar-refractivity contribution >= 4 is 23.6 Å². The monoisotopic (exact) mass is 435 g/mol. The molecule has 8 heteroatoms. The first kappa shape index (κ1) is 22.2. The Bertz CT molecular complexity index is 915. The van der Waals surface area contributed by atoms with Crippen LogP contribution in [-0.4, -0.2) is 40.2 Å². The van der Waals surface area contributed by atoms with Gasteiger partial charge >= 0.3 is 6.09 Å². The maximum Gasteiger partial charge on any atom is 0.410 e. The van der Waals surface area contributed by atoms with Crippen LogP contribution in [0.15, 0.2) is 36.5 Å². The van der Waals surface area contributed by atoms with Crippen molar-refractivity contribution in [1.29, 1.82) is 0 Å². The number of hydrogen-bond acceptors (Lipinski definition) is 3. The fraction of sp³-hybridized carbons (Fsp3) is 0.455. The van der Waals surface area contributed by atoms with Crippen LogP contribution in [-0.2, 0) is 11.3 Å². The molecule has 1 fully saturated rings. The third kappa shape index (κ3) is 5.53. The van der Waals surface area contributed by atoms with Crippen molar-refractivity contribution in [3.63, 3.8) is 0 Å². The van der Waals surface area contributed by atoms with E-state index >= 15 is 0 Å². The second kappa shape index (κ2) is 9.08. The maximum absolute atomic E-state index is 13.3. The minimum atomic E-state index is -0.519. The summed E-state index contributed by atoms with van der Waals surface area (Å²) in [6.07, 6.45) is 3.06. The number of likely N-dealkylation sites (tertiary alicyclic amines) is 1. The van der Waals surface area contributed by atoms with Crippen LogP contribution in [0.5, 0.6) is 0 Å². The van der Waals surface area contributed by atoms with E-state index in [1.54, 1.807) is 17.0 Å². The SMILES string of the molecule is CC(C)(C)OC(=O)N1CCC(n2cccc2C(=O)NCc2ccc(F)c(Cl)c2)CC1. The van der Waals surface area contributed by atoms with Crippen LogP contribution in [0.3, 0.4) is 0 Å². The molecular weight excluding hydrogens is 409 g/mol. The van der Waals surface area contributed by atoms with Crippen LogP contribution >= 0.6 is 11.6 Å². The van der Waals surface area contributed by atoms with Gasteiger partial charge in [0, 0.05) is 31.9 Å². The van der Waals surface area contributed by atoms with Crippen LogP contribution in [0.1, 0.15) is 55.7 Å². The van der Waals surface area contributed by atoms with E-state index in [2.05, 4.69) is 5.32 Å². The molecule has 1 N–H and O–H groups in total. The lowest BCUT2D eigenvalue weighted by molar-refractivity contribution is 0.0187. The van der Waals surface area contributed by atoms with Gasteiger partial charge in [0.05, 0.1) is 5.02 Å². The van der Waals surface area contributed by atoms with Gasteiger partial charge in [-0.1, -0.05) is 17.7 Å². The van der Waals surface area contributed by atoms with E-state index in [-0.39, 0.29) is 29.6 Å². The largest absolute Gasteiger partial charge is 0.444 e. The number of aromatic nitrogens is 1. The molecule has 2 heterocycles. The van der Waals surface area contributed by atoms with Crippen molar-refractivity contribution in [3.05, 3.63) is 58.6 Å². The number of carbonyl (C=O) groups excluding carboxylic acids is 2. The minimum absolute atomic E-state index is 0.0295. The molecule has 1 aromatic heterocycles. The van der Waals surface area contributed by atoms with Crippen molar-refractivity contribution in [2.75, 3.05) is 13.1 Å². The van der Waals surface area contributed by atoms with Crippen LogP contribution in [0.4, 0.5) is 9.18 Å². The molecule has 0 spiro atoms. The van der Waals surface area contributed by atoms with E-state index in [1.807, 2.05) is 37.6 Å². The molecule has 6 nitrogen and oxygen atoms in total. The van der Waals surface area contributed by atoms with E-state index in [1.165, 1.54) is 12.1 Å². The Labute approximate surface area is 180 Å². The standard InChI is InChI=1S/C22H27ClFN3O3/c1-22(2,3)30-21(29)26-11-8-16(9-12-26)27-10-4-5-19(27)20(28)25-14-15-6-7-18(24)17(23)13-15/h4-7,10,13,16H,8-9,11-12,14H2,1-3H3,(H,25,28). The number of nitrogens with one attached hydrogen (secondary N) is 1. The summed E-state index contributed by atoms with van der Waals surface area (Å²) in [5.41, 5.74) is 0.756. The Morgan fingerprint density at radius 2 is 1.93 bits per heavy atom. The van der Waals surface area contributed by atoms with Gasteiger partial charge in [0.2, 0.25) is 0 Å². The molecule has 0 unspecified atom stereocenters. The lowest BCUT2D eigenvalue weighted by atomic mass is 10.0. The number of nitrogens with zero attached hydrogens (tertiary/aromatic N) is 2. The summed E-state index contributed by atoms with van der Waals surface area (Å²) in [7, 11) is 0. The summed E-state index contributed by atoms with van der Waals surface area (Å²) in [5, 5.41) is 2.88. The predicted octanol–water partition coefficient (Wildman–Crippen LogP) is 4.78. The zero-order valence-electron chi connectivity index (χ0n) is 17.5. The predicted molar refractivity (Wildman–Crippen MR) is 113 cm³/mol. The maximum atomic E-state index is 13.3. The Hall–Kier alpha value is -2.54. The molecular formula is C22H27ClFN3O3. The quantitative estimate of drug-likeness (QED) is 0.751. The zero-order chi connectivity index (χ0) is 21.9. The van der Waals surface area contributed by atoms with E-state index in [0.717, 1.165) is 18.4 Å². The highest BCUT2D eigenvalue weighted by Gasteiger charge is 2.28. The molecule has 2 amide bonds. The average molecular weight is 436 g/mol. The molecule has 1 aliphatic heterocycles.